The van der Waals surface area contributed by atoms with E-state index in [4.69, 9.17) is 4.74 Å². The van der Waals surface area contributed by atoms with Crippen molar-refractivity contribution in [3.63, 3.8) is 0 Å². The number of carbonyl (C=O) groups excluding carboxylic acids is 4. The van der Waals surface area contributed by atoms with Gasteiger partial charge in [0.1, 0.15) is 17.5 Å². The molecule has 268 valence electrons. The van der Waals surface area contributed by atoms with Gasteiger partial charge >= 0.3 is 0 Å². The molecule has 10 heteroatoms. The lowest BCUT2D eigenvalue weighted by molar-refractivity contribution is 0.0880. The van der Waals surface area contributed by atoms with Gasteiger partial charge in [-0.2, -0.15) is 0 Å². The van der Waals surface area contributed by atoms with Crippen LogP contribution >= 0.6 is 11.8 Å². The highest BCUT2D eigenvalue weighted by Crippen LogP contribution is 2.44. The average molecular weight is 734 g/mol. The second-order valence-electron chi connectivity index (χ2n) is 14.5. The van der Waals surface area contributed by atoms with Crippen molar-refractivity contribution in [1.29, 1.82) is 0 Å². The number of ketones is 2. The Morgan fingerprint density at radius 3 is 2.07 bits per heavy atom. The molecular formula is C44H35N3O6S. The number of amides is 2. The number of anilines is 1. The van der Waals surface area contributed by atoms with Crippen molar-refractivity contribution >= 4 is 62.5 Å². The van der Waals surface area contributed by atoms with E-state index in [1.54, 1.807) is 54.2 Å². The Morgan fingerprint density at radius 2 is 1.43 bits per heavy atom. The van der Waals surface area contributed by atoms with Gasteiger partial charge in [-0.25, -0.2) is 9.88 Å². The van der Waals surface area contributed by atoms with E-state index in [1.165, 1.54) is 4.90 Å². The molecule has 6 aromatic rings. The third-order valence-corrected chi connectivity index (χ3v) is 11.7. The highest BCUT2D eigenvalue weighted by molar-refractivity contribution is 7.98. The predicted molar refractivity (Wildman–Crippen MR) is 208 cm³/mol. The van der Waals surface area contributed by atoms with E-state index in [0.717, 1.165) is 47.5 Å². The molecule has 9 rings (SSSR count). The molecule has 54 heavy (non-hydrogen) atoms. The molecule has 0 radical (unpaired) electrons. The summed E-state index contributed by atoms with van der Waals surface area (Å²) in [6, 6.07) is 27.5. The number of hydrogen-bond donors (Lipinski definition) is 1. The van der Waals surface area contributed by atoms with E-state index in [-0.39, 0.29) is 40.1 Å². The number of ether oxygens (including phenoxy) is 1. The largest absolute Gasteiger partial charge is 0.491 e. The smallest absolute Gasteiger partial charge is 0.266 e. The third-order valence-electron chi connectivity index (χ3n) is 10.7. The summed E-state index contributed by atoms with van der Waals surface area (Å²) < 4.78 is 5.97. The minimum absolute atomic E-state index is 0.0160. The number of fused-ring (bicyclic) bond motifs is 4. The number of Topliss-reactive ketones (excluding diaryl/α,β-unsaturated/α-hetero) is 2. The zero-order valence-electron chi connectivity index (χ0n) is 29.7. The van der Waals surface area contributed by atoms with Crippen LogP contribution in [0.3, 0.4) is 0 Å². The van der Waals surface area contributed by atoms with Crippen LogP contribution in [0.25, 0.3) is 21.7 Å². The fraction of sp³-hybridized carbons (Fsp3) is 0.227. The van der Waals surface area contributed by atoms with Crippen molar-refractivity contribution in [2.75, 3.05) is 4.90 Å². The van der Waals surface area contributed by atoms with Gasteiger partial charge in [0.2, 0.25) is 0 Å². The Morgan fingerprint density at radius 1 is 0.778 bits per heavy atom. The summed E-state index contributed by atoms with van der Waals surface area (Å²) in [6.07, 6.45) is 4.06. The summed E-state index contributed by atoms with van der Waals surface area (Å²) in [4.78, 5) is 78.8. The van der Waals surface area contributed by atoms with Crippen LogP contribution in [0, 0.1) is 0 Å². The SMILES string of the molecule is CC(C)Oc1ccc(C2CCCC2)c(N2C(=O)c3cc4cc5c(cc4cc3C2=O)C(=O)C(c2nc3ccc(SCc4ccccc4)cc3c(=O)[nH]2)C5=O)c1. The number of carbonyl (C=O) groups is 4. The van der Waals surface area contributed by atoms with Gasteiger partial charge in [-0.1, -0.05) is 49.2 Å². The van der Waals surface area contributed by atoms with Crippen LogP contribution in [0.1, 0.15) is 110 Å². The van der Waals surface area contributed by atoms with E-state index in [2.05, 4.69) is 9.97 Å². The van der Waals surface area contributed by atoms with Crippen LogP contribution in [0.4, 0.5) is 5.69 Å². The molecule has 0 atom stereocenters. The molecule has 9 nitrogen and oxygen atoms in total. The number of nitrogens with zero attached hydrogens (tertiary/aromatic N) is 2. The molecule has 2 aliphatic carbocycles. The standard InChI is InChI=1S/C44H35N3O6S/c1-23(2)53-28-12-14-30(25-10-6-7-11-25)37(20-28)47-43(51)33-18-26-16-31-32(17-27(26)19-34(33)44(47)52)40(49)38(39(31)48)41-45-36-15-13-29(21-35(36)42(50)46-41)54-22-24-8-4-3-5-9-24/h3-5,8-9,12-21,23,25,38H,6-7,10-11,22H2,1-2H3,(H,45,46,50). The first-order valence-corrected chi connectivity index (χ1v) is 19.2. The Labute approximate surface area is 314 Å². The molecule has 1 fully saturated rings. The molecular weight excluding hydrogens is 699 g/mol. The molecule has 2 heterocycles. The molecule has 2 amide bonds. The molecule has 5 aromatic carbocycles. The van der Waals surface area contributed by atoms with Crippen molar-refractivity contribution in [3.05, 3.63) is 141 Å². The summed E-state index contributed by atoms with van der Waals surface area (Å²) in [6.45, 7) is 3.85. The number of H-pyrrole nitrogens is 1. The number of imide groups is 1. The predicted octanol–water partition coefficient (Wildman–Crippen LogP) is 8.78. The number of rotatable bonds is 8. The van der Waals surface area contributed by atoms with E-state index >= 15 is 0 Å². The van der Waals surface area contributed by atoms with Crippen molar-refractivity contribution in [3.8, 4) is 5.75 Å². The molecule has 0 spiro atoms. The molecule has 0 saturated heterocycles. The minimum atomic E-state index is -1.32. The second-order valence-corrected chi connectivity index (χ2v) is 15.6. The van der Waals surface area contributed by atoms with Crippen molar-refractivity contribution in [2.24, 2.45) is 0 Å². The maximum Gasteiger partial charge on any atom is 0.266 e. The Hall–Kier alpha value is -5.87. The third kappa shape index (κ3) is 5.72. The summed E-state index contributed by atoms with van der Waals surface area (Å²) in [5, 5.41) is 1.46. The molecule has 0 bridgehead atoms. The van der Waals surface area contributed by atoms with Crippen molar-refractivity contribution < 1.29 is 23.9 Å². The van der Waals surface area contributed by atoms with Gasteiger partial charge in [0.15, 0.2) is 11.6 Å². The number of benzene rings is 5. The highest BCUT2D eigenvalue weighted by Gasteiger charge is 2.43. The van der Waals surface area contributed by atoms with Crippen molar-refractivity contribution in [1.82, 2.24) is 9.97 Å². The Balaban J connectivity index is 1.03. The second kappa shape index (κ2) is 13.2. The van der Waals surface area contributed by atoms with Crippen molar-refractivity contribution in [2.45, 2.75) is 68.1 Å². The number of aromatic amines is 1. The number of hydrogen-bond acceptors (Lipinski definition) is 8. The van der Waals surface area contributed by atoms with Gasteiger partial charge in [-0.05, 0) is 103 Å². The van der Waals surface area contributed by atoms with Gasteiger partial charge in [-0.3, -0.25) is 24.0 Å². The van der Waals surface area contributed by atoms with Gasteiger partial charge in [0.05, 0.1) is 33.8 Å². The summed E-state index contributed by atoms with van der Waals surface area (Å²) in [5.74, 6) is -1.64. The van der Waals surface area contributed by atoms with Crippen LogP contribution in [-0.2, 0) is 5.75 Å². The number of aromatic nitrogens is 2. The first-order valence-electron chi connectivity index (χ1n) is 18.2. The number of thioether (sulfide) groups is 1. The zero-order valence-corrected chi connectivity index (χ0v) is 30.5. The van der Waals surface area contributed by atoms with Crippen LogP contribution in [0.5, 0.6) is 5.75 Å². The van der Waals surface area contributed by atoms with Gasteiger partial charge < -0.3 is 9.72 Å². The topological polar surface area (TPSA) is 126 Å². The molecule has 0 unspecified atom stereocenters. The lowest BCUT2D eigenvalue weighted by atomic mass is 9.95. The average Bonchev–Trinajstić information content (AvgIpc) is 3.85. The summed E-state index contributed by atoms with van der Waals surface area (Å²) >= 11 is 1.60. The maximum atomic E-state index is 14.1. The highest BCUT2D eigenvalue weighted by atomic mass is 32.2. The monoisotopic (exact) mass is 733 g/mol. The minimum Gasteiger partial charge on any atom is -0.491 e. The van der Waals surface area contributed by atoms with Gasteiger partial charge in [-0.15, -0.1) is 11.8 Å². The lowest BCUT2D eigenvalue weighted by Gasteiger charge is -2.23. The Kier molecular flexibility index (Phi) is 8.30. The first kappa shape index (κ1) is 33.9. The lowest BCUT2D eigenvalue weighted by Crippen LogP contribution is -2.30. The molecule has 1 N–H and O–H groups in total. The normalized spacial score (nSPS) is 16.0. The van der Waals surface area contributed by atoms with E-state index < -0.39 is 34.9 Å². The first-order chi connectivity index (χ1) is 26.1. The van der Waals surface area contributed by atoms with E-state index in [9.17, 15) is 24.0 Å². The molecule has 1 aliphatic heterocycles. The van der Waals surface area contributed by atoms with E-state index in [0.29, 0.717) is 33.1 Å². The quantitative estimate of drug-likeness (QED) is 0.0935. The fourth-order valence-corrected chi connectivity index (χ4v) is 8.98. The van der Waals surface area contributed by atoms with Crippen LogP contribution in [0.15, 0.2) is 101 Å². The van der Waals surface area contributed by atoms with E-state index in [1.807, 2.05) is 62.4 Å². The molecule has 3 aliphatic rings. The number of nitrogens with one attached hydrogen (secondary N) is 1. The van der Waals surface area contributed by atoms with Crippen LogP contribution in [0.2, 0.25) is 0 Å². The van der Waals surface area contributed by atoms with Crippen LogP contribution in [-0.4, -0.2) is 39.5 Å². The molecule has 1 aromatic heterocycles. The van der Waals surface area contributed by atoms with Crippen LogP contribution < -0.4 is 15.2 Å². The summed E-state index contributed by atoms with van der Waals surface area (Å²) in [7, 11) is 0. The summed E-state index contributed by atoms with van der Waals surface area (Å²) in [5.41, 5.74) is 3.42. The fourth-order valence-electron chi connectivity index (χ4n) is 8.09. The van der Waals surface area contributed by atoms with Gasteiger partial charge in [0.25, 0.3) is 17.4 Å². The zero-order chi connectivity index (χ0) is 37.2. The molecule has 1 saturated carbocycles. The van der Waals surface area contributed by atoms with Gasteiger partial charge in [0, 0.05) is 27.8 Å². The maximum absolute atomic E-state index is 14.1. The Bertz CT molecular complexity index is 2570.